The van der Waals surface area contributed by atoms with Crippen molar-refractivity contribution in [1.82, 2.24) is 10.2 Å². The van der Waals surface area contributed by atoms with Gasteiger partial charge in [-0.2, -0.15) is 0 Å². The fourth-order valence-electron chi connectivity index (χ4n) is 3.70. The number of rotatable bonds is 5. The standard InChI is InChI=1S/C15H30N2O2S/c1-4-20(18,19)10-9-17-12-15(7-5-6-8-15)16-11-14(17)13(2)3/h13-14,16H,4-12H2,1-3H3. The lowest BCUT2D eigenvalue weighted by Crippen LogP contribution is -2.64. The Labute approximate surface area is 124 Å². The van der Waals surface area contributed by atoms with Crippen LogP contribution in [0, 0.1) is 5.92 Å². The van der Waals surface area contributed by atoms with Gasteiger partial charge in [-0.05, 0) is 18.8 Å². The first-order chi connectivity index (χ1) is 9.37. The predicted octanol–water partition coefficient (Wildman–Crippen LogP) is 1.66. The maximum Gasteiger partial charge on any atom is 0.151 e. The van der Waals surface area contributed by atoms with E-state index in [1.807, 2.05) is 0 Å². The zero-order valence-electron chi connectivity index (χ0n) is 13.2. The Balaban J connectivity index is 2.03. The molecule has 118 valence electrons. The van der Waals surface area contributed by atoms with Gasteiger partial charge in [0, 0.05) is 37.0 Å². The second-order valence-electron chi connectivity index (χ2n) is 6.89. The minimum absolute atomic E-state index is 0.260. The number of hydrogen-bond acceptors (Lipinski definition) is 4. The minimum atomic E-state index is -2.87. The number of nitrogens with zero attached hydrogens (tertiary/aromatic N) is 1. The Morgan fingerprint density at radius 2 is 1.95 bits per heavy atom. The van der Waals surface area contributed by atoms with Crippen LogP contribution in [0.3, 0.4) is 0 Å². The van der Waals surface area contributed by atoms with Crippen molar-refractivity contribution in [2.24, 2.45) is 5.92 Å². The van der Waals surface area contributed by atoms with Gasteiger partial charge in [0.25, 0.3) is 0 Å². The van der Waals surface area contributed by atoms with E-state index in [1.165, 1.54) is 25.7 Å². The van der Waals surface area contributed by atoms with Crippen molar-refractivity contribution in [3.05, 3.63) is 0 Å². The molecule has 1 atom stereocenters. The van der Waals surface area contributed by atoms with E-state index in [0.717, 1.165) is 13.1 Å². The average molecular weight is 302 g/mol. The van der Waals surface area contributed by atoms with Gasteiger partial charge < -0.3 is 5.32 Å². The first kappa shape index (κ1) is 16.2. The molecule has 2 rings (SSSR count). The maximum absolute atomic E-state index is 11.8. The van der Waals surface area contributed by atoms with Gasteiger partial charge in [-0.15, -0.1) is 0 Å². The van der Waals surface area contributed by atoms with Gasteiger partial charge in [0.05, 0.1) is 5.75 Å². The lowest BCUT2D eigenvalue weighted by atomic mass is 9.89. The Morgan fingerprint density at radius 3 is 2.50 bits per heavy atom. The third kappa shape index (κ3) is 3.74. The van der Waals surface area contributed by atoms with Crippen molar-refractivity contribution in [2.75, 3.05) is 31.1 Å². The van der Waals surface area contributed by atoms with Crippen molar-refractivity contribution in [1.29, 1.82) is 0 Å². The molecule has 0 aromatic carbocycles. The predicted molar refractivity (Wildman–Crippen MR) is 83.7 cm³/mol. The molecular formula is C15H30N2O2S. The summed E-state index contributed by atoms with van der Waals surface area (Å²) >= 11 is 0. The van der Waals surface area contributed by atoms with E-state index >= 15 is 0 Å². The lowest BCUT2D eigenvalue weighted by Gasteiger charge is -2.48. The van der Waals surface area contributed by atoms with Crippen LogP contribution in [-0.2, 0) is 9.84 Å². The van der Waals surface area contributed by atoms with E-state index in [2.05, 4.69) is 24.1 Å². The molecule has 0 amide bonds. The van der Waals surface area contributed by atoms with Crippen LogP contribution in [0.5, 0.6) is 0 Å². The van der Waals surface area contributed by atoms with E-state index in [0.29, 0.717) is 24.3 Å². The summed E-state index contributed by atoms with van der Waals surface area (Å²) in [4.78, 5) is 2.44. The van der Waals surface area contributed by atoms with Gasteiger partial charge in [-0.25, -0.2) is 8.42 Å². The summed E-state index contributed by atoms with van der Waals surface area (Å²) in [6.45, 7) is 8.94. The second-order valence-corrected chi connectivity index (χ2v) is 9.36. The lowest BCUT2D eigenvalue weighted by molar-refractivity contribution is 0.0624. The summed E-state index contributed by atoms with van der Waals surface area (Å²) in [7, 11) is -2.87. The van der Waals surface area contributed by atoms with E-state index in [9.17, 15) is 8.42 Å². The fraction of sp³-hybridized carbons (Fsp3) is 1.00. The molecule has 1 heterocycles. The Morgan fingerprint density at radius 1 is 1.30 bits per heavy atom. The quantitative estimate of drug-likeness (QED) is 0.839. The fourth-order valence-corrected chi connectivity index (χ4v) is 4.50. The number of nitrogens with one attached hydrogen (secondary N) is 1. The summed E-state index contributed by atoms with van der Waals surface area (Å²) in [5, 5.41) is 3.78. The van der Waals surface area contributed by atoms with E-state index in [-0.39, 0.29) is 11.3 Å². The molecule has 1 aliphatic heterocycles. The third-order valence-corrected chi connectivity index (χ3v) is 6.80. The highest BCUT2D eigenvalue weighted by Crippen LogP contribution is 2.34. The van der Waals surface area contributed by atoms with Crippen LogP contribution < -0.4 is 5.32 Å². The highest BCUT2D eigenvalue weighted by molar-refractivity contribution is 7.91. The smallest absolute Gasteiger partial charge is 0.151 e. The molecule has 2 fully saturated rings. The molecule has 0 bridgehead atoms. The third-order valence-electron chi connectivity index (χ3n) is 5.12. The summed E-state index contributed by atoms with van der Waals surface area (Å²) in [6.07, 6.45) is 5.10. The van der Waals surface area contributed by atoms with Crippen LogP contribution >= 0.6 is 0 Å². The molecule has 1 unspecified atom stereocenters. The van der Waals surface area contributed by atoms with E-state index < -0.39 is 9.84 Å². The SMILES string of the molecule is CCS(=O)(=O)CCN1CC2(CCCC2)NCC1C(C)C. The van der Waals surface area contributed by atoms with Crippen molar-refractivity contribution < 1.29 is 8.42 Å². The molecule has 1 saturated heterocycles. The molecule has 0 aromatic heterocycles. The van der Waals surface area contributed by atoms with Crippen LogP contribution in [0.25, 0.3) is 0 Å². The van der Waals surface area contributed by atoms with Crippen molar-refractivity contribution in [2.45, 2.75) is 58.0 Å². The van der Waals surface area contributed by atoms with Crippen LogP contribution in [0.1, 0.15) is 46.5 Å². The first-order valence-electron chi connectivity index (χ1n) is 8.07. The number of piperazine rings is 1. The number of sulfone groups is 1. The minimum Gasteiger partial charge on any atom is -0.308 e. The summed E-state index contributed by atoms with van der Waals surface area (Å²) < 4.78 is 23.6. The molecule has 1 N–H and O–H groups in total. The van der Waals surface area contributed by atoms with Crippen molar-refractivity contribution in [3.8, 4) is 0 Å². The van der Waals surface area contributed by atoms with Gasteiger partial charge >= 0.3 is 0 Å². The Hall–Kier alpha value is -0.130. The van der Waals surface area contributed by atoms with Crippen molar-refractivity contribution >= 4 is 9.84 Å². The van der Waals surface area contributed by atoms with E-state index in [4.69, 9.17) is 0 Å². The zero-order valence-corrected chi connectivity index (χ0v) is 14.0. The van der Waals surface area contributed by atoms with Crippen LogP contribution in [-0.4, -0.2) is 56.0 Å². The molecule has 1 saturated carbocycles. The molecule has 0 aromatic rings. The molecule has 1 aliphatic carbocycles. The molecule has 1 spiro atoms. The maximum atomic E-state index is 11.8. The molecule has 0 radical (unpaired) electrons. The Kier molecular flexibility index (Phi) is 5.14. The second kappa shape index (κ2) is 6.32. The number of hydrogen-bond donors (Lipinski definition) is 1. The van der Waals surface area contributed by atoms with Gasteiger partial charge in [-0.3, -0.25) is 4.90 Å². The monoisotopic (exact) mass is 302 g/mol. The molecule has 2 aliphatic rings. The highest BCUT2D eigenvalue weighted by atomic mass is 32.2. The van der Waals surface area contributed by atoms with Gasteiger partial charge in [-0.1, -0.05) is 33.6 Å². The Bertz CT molecular complexity index is 414. The zero-order chi connectivity index (χ0) is 14.8. The van der Waals surface area contributed by atoms with Crippen LogP contribution in [0.4, 0.5) is 0 Å². The normalized spacial score (nSPS) is 27.5. The first-order valence-corrected chi connectivity index (χ1v) is 9.89. The summed E-state index contributed by atoms with van der Waals surface area (Å²) in [5.41, 5.74) is 0.265. The molecule has 20 heavy (non-hydrogen) atoms. The van der Waals surface area contributed by atoms with E-state index in [1.54, 1.807) is 6.92 Å². The van der Waals surface area contributed by atoms with Crippen LogP contribution in [0.2, 0.25) is 0 Å². The summed E-state index contributed by atoms with van der Waals surface area (Å²) in [6, 6.07) is 0.466. The van der Waals surface area contributed by atoms with Crippen LogP contribution in [0.15, 0.2) is 0 Å². The van der Waals surface area contributed by atoms with Gasteiger partial charge in [0.2, 0.25) is 0 Å². The highest BCUT2D eigenvalue weighted by Gasteiger charge is 2.41. The molecular weight excluding hydrogens is 272 g/mol. The summed E-state index contributed by atoms with van der Waals surface area (Å²) in [5.74, 6) is 1.13. The largest absolute Gasteiger partial charge is 0.308 e. The van der Waals surface area contributed by atoms with Gasteiger partial charge in [0.15, 0.2) is 9.84 Å². The topological polar surface area (TPSA) is 49.4 Å². The average Bonchev–Trinajstić information content (AvgIpc) is 2.84. The van der Waals surface area contributed by atoms with Crippen molar-refractivity contribution in [3.63, 3.8) is 0 Å². The van der Waals surface area contributed by atoms with Gasteiger partial charge in [0.1, 0.15) is 0 Å². The molecule has 4 nitrogen and oxygen atoms in total. The molecule has 5 heteroatoms.